The Kier molecular flexibility index (Phi) is 5.24. The SMILES string of the molecule is N=CN(CCNC=O)c1c(F)cc(N2C(=O)OC2Cn2ccnn2)cc1F. The van der Waals surface area contributed by atoms with Crippen molar-refractivity contribution in [2.24, 2.45) is 0 Å². The molecule has 142 valence electrons. The lowest BCUT2D eigenvalue weighted by molar-refractivity contribution is -0.109. The van der Waals surface area contributed by atoms with Crippen LogP contribution < -0.4 is 15.1 Å². The molecule has 1 aliphatic rings. The number of nitrogens with one attached hydrogen (secondary N) is 2. The van der Waals surface area contributed by atoms with Gasteiger partial charge in [-0.05, 0) is 0 Å². The van der Waals surface area contributed by atoms with Gasteiger partial charge < -0.3 is 15.0 Å². The molecule has 1 aliphatic heterocycles. The van der Waals surface area contributed by atoms with Crippen molar-refractivity contribution >= 4 is 30.2 Å². The van der Waals surface area contributed by atoms with E-state index in [9.17, 15) is 18.4 Å². The second kappa shape index (κ2) is 7.76. The van der Waals surface area contributed by atoms with Crippen LogP contribution in [-0.2, 0) is 16.1 Å². The van der Waals surface area contributed by atoms with Crippen molar-refractivity contribution in [3.8, 4) is 0 Å². The van der Waals surface area contributed by atoms with E-state index in [1.165, 1.54) is 10.9 Å². The van der Waals surface area contributed by atoms with E-state index in [-0.39, 0.29) is 25.3 Å². The molecule has 1 atom stereocenters. The molecule has 1 unspecified atom stereocenters. The molecule has 1 aromatic carbocycles. The van der Waals surface area contributed by atoms with Crippen molar-refractivity contribution in [2.45, 2.75) is 12.8 Å². The number of carbonyl (C=O) groups excluding carboxylic acids is 2. The van der Waals surface area contributed by atoms with E-state index < -0.39 is 29.6 Å². The van der Waals surface area contributed by atoms with Crippen molar-refractivity contribution in [3.63, 3.8) is 0 Å². The Hall–Kier alpha value is -3.57. The predicted molar refractivity (Wildman–Crippen MR) is 89.3 cm³/mol. The van der Waals surface area contributed by atoms with Gasteiger partial charge in [0.15, 0.2) is 11.6 Å². The zero-order valence-electron chi connectivity index (χ0n) is 13.9. The van der Waals surface area contributed by atoms with Crippen molar-refractivity contribution in [2.75, 3.05) is 22.9 Å². The van der Waals surface area contributed by atoms with E-state index in [0.29, 0.717) is 6.41 Å². The number of hydrogen-bond donors (Lipinski definition) is 2. The lowest BCUT2D eigenvalue weighted by Crippen LogP contribution is -2.56. The maximum Gasteiger partial charge on any atom is 0.419 e. The summed E-state index contributed by atoms with van der Waals surface area (Å²) in [6.45, 7) is 0.231. The van der Waals surface area contributed by atoms with E-state index in [4.69, 9.17) is 10.1 Å². The van der Waals surface area contributed by atoms with Crippen LogP contribution >= 0.6 is 0 Å². The molecular formula is C15H15F2N7O3. The first-order valence-corrected chi connectivity index (χ1v) is 7.82. The van der Waals surface area contributed by atoms with Crippen molar-refractivity contribution < 1.29 is 23.1 Å². The van der Waals surface area contributed by atoms with Gasteiger partial charge in [0.1, 0.15) is 5.69 Å². The third-order valence-electron chi connectivity index (χ3n) is 3.84. The highest BCUT2D eigenvalue weighted by Crippen LogP contribution is 2.33. The zero-order valence-corrected chi connectivity index (χ0v) is 13.9. The summed E-state index contributed by atoms with van der Waals surface area (Å²) in [5, 5.41) is 17.1. The minimum atomic E-state index is -0.959. The number of anilines is 2. The van der Waals surface area contributed by atoms with Crippen LogP contribution in [0.3, 0.4) is 0 Å². The molecule has 0 spiro atoms. The normalized spacial score (nSPS) is 15.7. The lowest BCUT2D eigenvalue weighted by atomic mass is 10.2. The van der Waals surface area contributed by atoms with Gasteiger partial charge >= 0.3 is 6.09 Å². The maximum atomic E-state index is 14.5. The summed E-state index contributed by atoms with van der Waals surface area (Å²) >= 11 is 0. The van der Waals surface area contributed by atoms with Crippen molar-refractivity contribution in [1.29, 1.82) is 5.41 Å². The van der Waals surface area contributed by atoms with Gasteiger partial charge in [0, 0.05) is 31.4 Å². The Morgan fingerprint density at radius 3 is 2.67 bits per heavy atom. The van der Waals surface area contributed by atoms with Gasteiger partial charge in [0.05, 0.1) is 24.8 Å². The third kappa shape index (κ3) is 3.68. The largest absolute Gasteiger partial charge is 0.422 e. The molecule has 2 heterocycles. The number of halogens is 2. The Labute approximate surface area is 151 Å². The molecule has 27 heavy (non-hydrogen) atoms. The fourth-order valence-electron chi connectivity index (χ4n) is 2.63. The number of amides is 2. The molecule has 2 N–H and O–H groups in total. The molecule has 1 aromatic heterocycles. The number of rotatable bonds is 9. The van der Waals surface area contributed by atoms with Crippen molar-refractivity contribution in [3.05, 3.63) is 36.2 Å². The minimum absolute atomic E-state index is 0.00386. The van der Waals surface area contributed by atoms with Gasteiger partial charge in [-0.15, -0.1) is 5.10 Å². The average Bonchev–Trinajstić information content (AvgIpc) is 3.12. The Bertz CT molecular complexity index is 823. The molecule has 1 fully saturated rings. The van der Waals surface area contributed by atoms with Crippen LogP contribution in [0.1, 0.15) is 0 Å². The number of ether oxygens (including phenoxy) is 1. The second-order valence-electron chi connectivity index (χ2n) is 5.49. The predicted octanol–water partition coefficient (Wildman–Crippen LogP) is 0.699. The number of benzene rings is 1. The highest BCUT2D eigenvalue weighted by atomic mass is 19.1. The molecule has 3 rings (SSSR count). The standard InChI is InChI=1S/C15H15F2N7O3/c16-11-5-10(6-12(17)14(11)22(8-18)3-1-19-9-25)24-13(27-15(24)26)7-23-4-2-20-21-23/h2,4-6,8-9,13,18H,1,3,7H2,(H,19,25). The van der Waals surface area contributed by atoms with Gasteiger partial charge in [-0.1, -0.05) is 5.21 Å². The third-order valence-corrected chi connectivity index (χ3v) is 3.84. The summed E-state index contributed by atoms with van der Waals surface area (Å²) < 4.78 is 35.5. The van der Waals surface area contributed by atoms with Crippen LogP contribution in [0.2, 0.25) is 0 Å². The molecule has 0 bridgehead atoms. The average molecular weight is 379 g/mol. The van der Waals surface area contributed by atoms with Gasteiger partial charge in [0.2, 0.25) is 12.6 Å². The van der Waals surface area contributed by atoms with Gasteiger partial charge in [0.25, 0.3) is 0 Å². The quantitative estimate of drug-likeness (QED) is 0.287. The first kappa shape index (κ1) is 18.2. The number of aromatic nitrogens is 3. The Morgan fingerprint density at radius 2 is 2.11 bits per heavy atom. The van der Waals surface area contributed by atoms with Crippen molar-refractivity contribution in [1.82, 2.24) is 20.3 Å². The van der Waals surface area contributed by atoms with Gasteiger partial charge in [-0.3, -0.25) is 10.2 Å². The summed E-state index contributed by atoms with van der Waals surface area (Å²) in [6, 6.07) is 1.97. The highest BCUT2D eigenvalue weighted by molar-refractivity contribution is 5.93. The first-order chi connectivity index (χ1) is 13.0. The number of cyclic esters (lactones) is 1. The smallest absolute Gasteiger partial charge is 0.419 e. The summed E-state index contributed by atoms with van der Waals surface area (Å²) in [6.07, 6.45) is 2.68. The summed E-state index contributed by atoms with van der Waals surface area (Å²) in [5.41, 5.74) is -0.478. The van der Waals surface area contributed by atoms with Crippen LogP contribution in [0.4, 0.5) is 25.0 Å². The summed E-state index contributed by atoms with van der Waals surface area (Å²) in [4.78, 5) is 24.2. The molecule has 2 amide bonds. The van der Waals surface area contributed by atoms with E-state index in [1.807, 2.05) is 0 Å². The molecule has 10 nitrogen and oxygen atoms in total. The molecule has 2 aromatic rings. The van der Waals surface area contributed by atoms with Crippen LogP contribution in [0.15, 0.2) is 24.5 Å². The monoisotopic (exact) mass is 379 g/mol. The second-order valence-corrected chi connectivity index (χ2v) is 5.49. The van der Waals surface area contributed by atoms with Gasteiger partial charge in [-0.2, -0.15) is 0 Å². The summed E-state index contributed by atoms with van der Waals surface area (Å²) in [7, 11) is 0. The van der Waals surface area contributed by atoms with E-state index in [0.717, 1.165) is 28.3 Å². The molecule has 0 aliphatic carbocycles. The summed E-state index contributed by atoms with van der Waals surface area (Å²) in [5.74, 6) is -1.92. The fourth-order valence-corrected chi connectivity index (χ4v) is 2.63. The molecule has 1 saturated heterocycles. The minimum Gasteiger partial charge on any atom is -0.422 e. The number of hydrogen-bond acceptors (Lipinski definition) is 6. The molecule has 12 heteroatoms. The number of carbonyl (C=O) groups is 2. The lowest BCUT2D eigenvalue weighted by Gasteiger charge is -2.39. The van der Waals surface area contributed by atoms with Crippen LogP contribution in [0.5, 0.6) is 0 Å². The molecular weight excluding hydrogens is 364 g/mol. The van der Waals surface area contributed by atoms with Gasteiger partial charge in [-0.25, -0.2) is 23.2 Å². The first-order valence-electron chi connectivity index (χ1n) is 7.82. The maximum absolute atomic E-state index is 14.5. The van der Waals surface area contributed by atoms with Crippen LogP contribution in [0, 0.1) is 17.0 Å². The molecule has 0 radical (unpaired) electrons. The molecule has 0 saturated carbocycles. The van der Waals surface area contributed by atoms with E-state index >= 15 is 0 Å². The number of nitrogens with zero attached hydrogens (tertiary/aromatic N) is 5. The van der Waals surface area contributed by atoms with E-state index in [1.54, 1.807) is 6.20 Å². The fraction of sp³-hybridized carbons (Fsp3) is 0.267. The Morgan fingerprint density at radius 1 is 1.37 bits per heavy atom. The van der Waals surface area contributed by atoms with Crippen LogP contribution in [-0.4, -0.2) is 53.2 Å². The topological polar surface area (TPSA) is 116 Å². The highest BCUT2D eigenvalue weighted by Gasteiger charge is 2.41. The zero-order chi connectivity index (χ0) is 19.4. The van der Waals surface area contributed by atoms with E-state index in [2.05, 4.69) is 15.6 Å². The van der Waals surface area contributed by atoms with Crippen LogP contribution in [0.25, 0.3) is 0 Å². The Balaban J connectivity index is 1.81.